The molecule has 7 nitrogen and oxygen atoms in total. The number of rotatable bonds is 3. The molecular formula is C14H19N5O2S. The topological polar surface area (TPSA) is 69.6 Å². The smallest absolute Gasteiger partial charge is 0.327 e. The van der Waals surface area contributed by atoms with Gasteiger partial charge >= 0.3 is 6.03 Å². The van der Waals surface area contributed by atoms with E-state index in [1.165, 1.54) is 16.4 Å². The lowest BCUT2D eigenvalue weighted by Gasteiger charge is -2.35. The highest BCUT2D eigenvalue weighted by Crippen LogP contribution is 2.33. The Morgan fingerprint density at radius 3 is 2.41 bits per heavy atom. The molecule has 2 aliphatic heterocycles. The zero-order valence-corrected chi connectivity index (χ0v) is 13.4. The quantitative estimate of drug-likeness (QED) is 0.784. The van der Waals surface area contributed by atoms with E-state index in [4.69, 9.17) is 0 Å². The molecule has 0 aromatic carbocycles. The van der Waals surface area contributed by atoms with Gasteiger partial charge in [0.25, 0.3) is 5.91 Å². The maximum absolute atomic E-state index is 12.4. The minimum atomic E-state index is -0.0716. The zero-order valence-electron chi connectivity index (χ0n) is 12.6. The molecule has 0 N–H and O–H groups in total. The number of hydrogen-bond donors (Lipinski definition) is 0. The lowest BCUT2D eigenvalue weighted by molar-refractivity contribution is -0.125. The molecule has 22 heavy (non-hydrogen) atoms. The molecule has 0 spiro atoms. The minimum Gasteiger partial charge on any atom is -0.347 e. The number of anilines is 1. The minimum absolute atomic E-state index is 0.0188. The Morgan fingerprint density at radius 1 is 1.09 bits per heavy atom. The molecule has 1 aliphatic carbocycles. The number of aryl methyl sites for hydroxylation is 1. The average molecular weight is 321 g/mol. The molecular weight excluding hydrogens is 302 g/mol. The highest BCUT2D eigenvalue weighted by Gasteiger charge is 2.47. The van der Waals surface area contributed by atoms with Crippen LogP contribution in [0.3, 0.4) is 0 Å². The summed E-state index contributed by atoms with van der Waals surface area (Å²) in [6, 6.07) is 0.276. The molecule has 0 unspecified atom stereocenters. The Kier molecular flexibility index (Phi) is 3.28. The van der Waals surface area contributed by atoms with Gasteiger partial charge in [-0.3, -0.25) is 9.69 Å². The SMILES string of the molecule is Cc1nsc(N2CCC(N3CC(=O)N(C4CC4)C3=O)CC2)n1. The largest absolute Gasteiger partial charge is 0.347 e. The summed E-state index contributed by atoms with van der Waals surface area (Å²) in [5.74, 6) is 0.789. The van der Waals surface area contributed by atoms with Gasteiger partial charge in [0.2, 0.25) is 5.13 Å². The van der Waals surface area contributed by atoms with E-state index >= 15 is 0 Å². The van der Waals surface area contributed by atoms with Crippen LogP contribution in [0.1, 0.15) is 31.5 Å². The number of carbonyl (C=O) groups is 2. The molecule has 118 valence electrons. The first-order valence-electron chi connectivity index (χ1n) is 7.81. The Balaban J connectivity index is 1.39. The summed E-state index contributed by atoms with van der Waals surface area (Å²) in [5, 5.41) is 0.958. The third-order valence-electron chi connectivity index (χ3n) is 4.63. The molecule has 8 heteroatoms. The van der Waals surface area contributed by atoms with Crippen LogP contribution in [0, 0.1) is 6.92 Å². The fourth-order valence-corrected chi connectivity index (χ4v) is 4.02. The second kappa shape index (κ2) is 5.19. The molecule has 3 heterocycles. The van der Waals surface area contributed by atoms with Crippen LogP contribution in [-0.4, -0.2) is 62.8 Å². The first-order chi connectivity index (χ1) is 10.6. The van der Waals surface area contributed by atoms with Gasteiger partial charge in [0, 0.05) is 36.7 Å². The van der Waals surface area contributed by atoms with Gasteiger partial charge in [-0.05, 0) is 32.6 Å². The molecule has 1 aromatic rings. The predicted molar refractivity (Wildman–Crippen MR) is 81.9 cm³/mol. The van der Waals surface area contributed by atoms with Crippen molar-refractivity contribution in [3.8, 4) is 0 Å². The summed E-state index contributed by atoms with van der Waals surface area (Å²) in [5.41, 5.74) is 0. The maximum Gasteiger partial charge on any atom is 0.327 e. The number of carbonyl (C=O) groups excluding carboxylic acids is 2. The van der Waals surface area contributed by atoms with E-state index in [2.05, 4.69) is 14.3 Å². The van der Waals surface area contributed by atoms with Crippen molar-refractivity contribution in [3.05, 3.63) is 5.82 Å². The first-order valence-corrected chi connectivity index (χ1v) is 8.59. The average Bonchev–Trinajstić information content (AvgIpc) is 3.17. The van der Waals surface area contributed by atoms with Gasteiger partial charge in [0.05, 0.1) is 0 Å². The lowest BCUT2D eigenvalue weighted by atomic mass is 10.0. The third kappa shape index (κ3) is 2.35. The molecule has 1 aromatic heterocycles. The van der Waals surface area contributed by atoms with Crippen molar-refractivity contribution in [1.29, 1.82) is 0 Å². The fraction of sp³-hybridized carbons (Fsp3) is 0.714. The number of amides is 3. The number of nitrogens with zero attached hydrogens (tertiary/aromatic N) is 5. The number of aromatic nitrogens is 2. The molecule has 3 amide bonds. The lowest BCUT2D eigenvalue weighted by Crippen LogP contribution is -2.46. The van der Waals surface area contributed by atoms with Crippen LogP contribution >= 0.6 is 11.5 Å². The number of imide groups is 1. The van der Waals surface area contributed by atoms with E-state index in [1.54, 1.807) is 4.90 Å². The van der Waals surface area contributed by atoms with E-state index in [1.807, 2.05) is 6.92 Å². The molecule has 0 bridgehead atoms. The van der Waals surface area contributed by atoms with Crippen LogP contribution in [0.2, 0.25) is 0 Å². The maximum atomic E-state index is 12.4. The third-order valence-corrected chi connectivity index (χ3v) is 5.50. The van der Waals surface area contributed by atoms with Crippen LogP contribution < -0.4 is 4.90 Å². The van der Waals surface area contributed by atoms with Gasteiger partial charge in [-0.1, -0.05) is 0 Å². The summed E-state index contributed by atoms with van der Waals surface area (Å²) >= 11 is 1.42. The Bertz CT molecular complexity index is 606. The molecule has 2 saturated heterocycles. The van der Waals surface area contributed by atoms with E-state index < -0.39 is 0 Å². The van der Waals surface area contributed by atoms with Crippen molar-refractivity contribution in [2.45, 2.75) is 44.7 Å². The van der Waals surface area contributed by atoms with Crippen LogP contribution in [-0.2, 0) is 4.79 Å². The van der Waals surface area contributed by atoms with Crippen LogP contribution in [0.5, 0.6) is 0 Å². The van der Waals surface area contributed by atoms with Gasteiger partial charge in [0.15, 0.2) is 0 Å². The number of urea groups is 1. The molecule has 3 aliphatic rings. The molecule has 3 fully saturated rings. The highest BCUT2D eigenvalue weighted by atomic mass is 32.1. The van der Waals surface area contributed by atoms with Crippen LogP contribution in [0.4, 0.5) is 9.93 Å². The van der Waals surface area contributed by atoms with Gasteiger partial charge in [-0.15, -0.1) is 0 Å². The van der Waals surface area contributed by atoms with Crippen LogP contribution in [0.15, 0.2) is 0 Å². The van der Waals surface area contributed by atoms with Gasteiger partial charge in [0.1, 0.15) is 12.4 Å². The monoisotopic (exact) mass is 321 g/mol. The van der Waals surface area contributed by atoms with E-state index in [0.29, 0.717) is 0 Å². The van der Waals surface area contributed by atoms with E-state index in [0.717, 1.165) is 49.7 Å². The van der Waals surface area contributed by atoms with Gasteiger partial charge in [-0.25, -0.2) is 9.78 Å². The Morgan fingerprint density at radius 2 is 1.82 bits per heavy atom. The van der Waals surface area contributed by atoms with Gasteiger partial charge < -0.3 is 9.80 Å². The summed E-state index contributed by atoms with van der Waals surface area (Å²) in [6.07, 6.45) is 3.71. The second-order valence-electron chi connectivity index (χ2n) is 6.25. The van der Waals surface area contributed by atoms with Crippen molar-refractivity contribution >= 4 is 28.6 Å². The summed E-state index contributed by atoms with van der Waals surface area (Å²) in [4.78, 5) is 34.4. The Labute approximate surface area is 133 Å². The van der Waals surface area contributed by atoms with Crippen LogP contribution in [0.25, 0.3) is 0 Å². The van der Waals surface area contributed by atoms with E-state index in [9.17, 15) is 9.59 Å². The summed E-state index contributed by atoms with van der Waals surface area (Å²) < 4.78 is 4.22. The Hall–Kier alpha value is -1.70. The predicted octanol–water partition coefficient (Wildman–Crippen LogP) is 1.24. The van der Waals surface area contributed by atoms with Crippen molar-refractivity contribution < 1.29 is 9.59 Å². The summed E-state index contributed by atoms with van der Waals surface area (Å²) in [6.45, 7) is 3.88. The second-order valence-corrected chi connectivity index (χ2v) is 6.98. The van der Waals surface area contributed by atoms with Crippen molar-refractivity contribution in [1.82, 2.24) is 19.2 Å². The molecule has 1 saturated carbocycles. The number of piperidine rings is 1. The van der Waals surface area contributed by atoms with Gasteiger partial charge in [-0.2, -0.15) is 4.37 Å². The fourth-order valence-electron chi connectivity index (χ4n) is 3.30. The molecule has 4 rings (SSSR count). The molecule has 0 radical (unpaired) electrons. The first kappa shape index (κ1) is 13.9. The standard InChI is InChI=1S/C14H19N5O2S/c1-9-15-13(22-16-9)17-6-4-10(5-7-17)18-8-12(20)19(14(18)21)11-2-3-11/h10-11H,2-8H2,1H3. The van der Waals surface area contributed by atoms with Crippen molar-refractivity contribution in [2.24, 2.45) is 0 Å². The summed E-state index contributed by atoms with van der Waals surface area (Å²) in [7, 11) is 0. The normalized spacial score (nSPS) is 23.8. The zero-order chi connectivity index (χ0) is 15.3. The van der Waals surface area contributed by atoms with Crippen molar-refractivity contribution in [3.63, 3.8) is 0 Å². The number of hydrogen-bond acceptors (Lipinski definition) is 6. The van der Waals surface area contributed by atoms with E-state index in [-0.39, 0.29) is 30.6 Å². The molecule has 0 atom stereocenters. The highest BCUT2D eigenvalue weighted by molar-refractivity contribution is 7.09. The van der Waals surface area contributed by atoms with Crippen molar-refractivity contribution in [2.75, 3.05) is 24.5 Å².